The molecule has 0 unspecified atom stereocenters. The van der Waals surface area contributed by atoms with E-state index in [0.717, 1.165) is 11.3 Å². The zero-order valence-electron chi connectivity index (χ0n) is 13.4. The van der Waals surface area contributed by atoms with Crippen molar-refractivity contribution < 1.29 is 9.90 Å². The van der Waals surface area contributed by atoms with Crippen LogP contribution in [0.25, 0.3) is 6.08 Å². The molecule has 0 spiro atoms. The molecule has 5 nitrogen and oxygen atoms in total. The van der Waals surface area contributed by atoms with Crippen LogP contribution in [0.15, 0.2) is 79.0 Å². The highest BCUT2D eigenvalue weighted by Gasteiger charge is 2.06. The van der Waals surface area contributed by atoms with Gasteiger partial charge in [-0.1, -0.05) is 30.3 Å². The first-order chi connectivity index (χ1) is 12.2. The smallest absolute Gasteiger partial charge is 0.248 e. The van der Waals surface area contributed by atoms with Crippen LogP contribution in [0.2, 0.25) is 0 Å². The number of pyridine rings is 1. The number of phenols is 1. The van der Waals surface area contributed by atoms with Gasteiger partial charge in [0.15, 0.2) is 5.82 Å². The lowest BCUT2D eigenvalue weighted by molar-refractivity contribution is -0.111. The van der Waals surface area contributed by atoms with Gasteiger partial charge in [0.25, 0.3) is 0 Å². The zero-order chi connectivity index (χ0) is 17.5. The number of hydrogen-bond donors (Lipinski definition) is 3. The minimum absolute atomic E-state index is 0.186. The Morgan fingerprint density at radius 2 is 1.72 bits per heavy atom. The number of rotatable bonds is 5. The summed E-state index contributed by atoms with van der Waals surface area (Å²) in [6.07, 6.45) is 4.86. The zero-order valence-corrected chi connectivity index (χ0v) is 13.4. The molecule has 1 amide bonds. The first-order valence-electron chi connectivity index (χ1n) is 7.76. The Hall–Kier alpha value is -3.60. The Morgan fingerprint density at radius 1 is 0.960 bits per heavy atom. The second kappa shape index (κ2) is 7.79. The monoisotopic (exact) mass is 331 g/mol. The van der Waals surface area contributed by atoms with Gasteiger partial charge in [0, 0.05) is 18.0 Å². The molecule has 0 radical (unpaired) electrons. The molecule has 1 heterocycles. The molecule has 0 bridgehead atoms. The maximum absolute atomic E-state index is 12.1. The molecule has 25 heavy (non-hydrogen) atoms. The predicted octanol–water partition coefficient (Wildman–Crippen LogP) is 4.18. The van der Waals surface area contributed by atoms with Gasteiger partial charge in [-0.3, -0.25) is 4.79 Å². The van der Waals surface area contributed by atoms with Crippen molar-refractivity contribution in [3.63, 3.8) is 0 Å². The largest absolute Gasteiger partial charge is 0.508 e. The van der Waals surface area contributed by atoms with E-state index >= 15 is 0 Å². The number of anilines is 3. The fourth-order valence-electron chi connectivity index (χ4n) is 2.20. The van der Waals surface area contributed by atoms with Crippen LogP contribution in [-0.4, -0.2) is 16.0 Å². The molecule has 0 aliphatic heterocycles. The van der Waals surface area contributed by atoms with Crippen molar-refractivity contribution in [2.75, 3.05) is 10.6 Å². The molecule has 5 heteroatoms. The average Bonchev–Trinajstić information content (AvgIpc) is 2.64. The number of phenolic OH excluding ortho intramolecular Hbond substituents is 1. The summed E-state index contributed by atoms with van der Waals surface area (Å²) >= 11 is 0. The quantitative estimate of drug-likeness (QED) is 0.484. The van der Waals surface area contributed by atoms with Gasteiger partial charge >= 0.3 is 0 Å². The number of aromatic nitrogens is 1. The van der Waals surface area contributed by atoms with Crippen molar-refractivity contribution in [2.24, 2.45) is 0 Å². The maximum atomic E-state index is 12.1. The fraction of sp³-hybridized carbons (Fsp3) is 0. The van der Waals surface area contributed by atoms with E-state index in [1.807, 2.05) is 30.3 Å². The van der Waals surface area contributed by atoms with E-state index in [2.05, 4.69) is 15.6 Å². The fourth-order valence-corrected chi connectivity index (χ4v) is 2.20. The molecule has 1 aromatic heterocycles. The van der Waals surface area contributed by atoms with Crippen molar-refractivity contribution in [3.8, 4) is 5.75 Å². The molecule has 2 aromatic carbocycles. The topological polar surface area (TPSA) is 74.2 Å². The van der Waals surface area contributed by atoms with E-state index in [-0.39, 0.29) is 11.7 Å². The lowest BCUT2D eigenvalue weighted by Crippen LogP contribution is -2.10. The predicted molar refractivity (Wildman–Crippen MR) is 99.7 cm³/mol. The highest BCUT2D eigenvalue weighted by atomic mass is 16.3. The van der Waals surface area contributed by atoms with Crippen LogP contribution >= 0.6 is 0 Å². The summed E-state index contributed by atoms with van der Waals surface area (Å²) < 4.78 is 0. The molecule has 3 N–H and O–H groups in total. The van der Waals surface area contributed by atoms with E-state index in [9.17, 15) is 9.90 Å². The molecule has 0 saturated heterocycles. The number of nitrogens with one attached hydrogen (secondary N) is 2. The molecule has 0 aliphatic carbocycles. The Labute approximate surface area is 145 Å². The third-order valence-corrected chi connectivity index (χ3v) is 3.42. The molecule has 0 aliphatic rings. The lowest BCUT2D eigenvalue weighted by atomic mass is 10.2. The van der Waals surface area contributed by atoms with Crippen LogP contribution in [0.3, 0.4) is 0 Å². The number of carbonyl (C=O) groups excluding carboxylic acids is 1. The second-order valence-electron chi connectivity index (χ2n) is 5.30. The SMILES string of the molecule is O=C(/C=C/c1ccccc1)Nc1cccnc1Nc1ccc(O)cc1. The van der Waals surface area contributed by atoms with E-state index in [1.165, 1.54) is 6.08 Å². The first-order valence-corrected chi connectivity index (χ1v) is 7.76. The summed E-state index contributed by atoms with van der Waals surface area (Å²) in [5.41, 5.74) is 2.27. The Morgan fingerprint density at radius 3 is 2.48 bits per heavy atom. The molecule has 0 atom stereocenters. The van der Waals surface area contributed by atoms with E-state index in [0.29, 0.717) is 11.5 Å². The minimum atomic E-state index is -0.245. The van der Waals surface area contributed by atoms with Crippen LogP contribution in [0.1, 0.15) is 5.56 Å². The van der Waals surface area contributed by atoms with Gasteiger partial charge in [-0.05, 0) is 48.0 Å². The Balaban J connectivity index is 1.71. The normalized spacial score (nSPS) is 10.6. The Bertz CT molecular complexity index is 875. The van der Waals surface area contributed by atoms with Gasteiger partial charge in [-0.25, -0.2) is 4.98 Å². The molecular formula is C20H17N3O2. The third kappa shape index (κ3) is 4.68. The van der Waals surface area contributed by atoms with Gasteiger partial charge in [0.2, 0.25) is 5.91 Å². The summed E-state index contributed by atoms with van der Waals surface area (Å²) in [5.74, 6) is 0.464. The first kappa shape index (κ1) is 16.3. The van der Waals surface area contributed by atoms with Crippen LogP contribution in [0.4, 0.5) is 17.2 Å². The van der Waals surface area contributed by atoms with Crippen molar-refractivity contribution >= 4 is 29.2 Å². The summed E-state index contributed by atoms with van der Waals surface area (Å²) in [6, 6.07) is 19.7. The number of carbonyl (C=O) groups is 1. The van der Waals surface area contributed by atoms with Gasteiger partial charge in [0.1, 0.15) is 5.75 Å². The van der Waals surface area contributed by atoms with E-state index < -0.39 is 0 Å². The third-order valence-electron chi connectivity index (χ3n) is 3.42. The van der Waals surface area contributed by atoms with Crippen LogP contribution < -0.4 is 10.6 Å². The van der Waals surface area contributed by atoms with Crippen molar-refractivity contribution in [1.29, 1.82) is 0 Å². The maximum Gasteiger partial charge on any atom is 0.248 e. The van der Waals surface area contributed by atoms with Crippen molar-refractivity contribution in [2.45, 2.75) is 0 Å². The lowest BCUT2D eigenvalue weighted by Gasteiger charge is -2.11. The molecule has 3 aromatic rings. The van der Waals surface area contributed by atoms with Crippen LogP contribution in [-0.2, 0) is 4.79 Å². The number of aromatic hydroxyl groups is 1. The standard InChI is InChI=1S/C20H17N3O2/c24-17-11-9-16(10-12-17)22-20-18(7-4-14-21-20)23-19(25)13-8-15-5-2-1-3-6-15/h1-14,24H,(H,21,22)(H,23,25)/b13-8+. The minimum Gasteiger partial charge on any atom is -0.508 e. The molecular weight excluding hydrogens is 314 g/mol. The van der Waals surface area contributed by atoms with Gasteiger partial charge in [-0.2, -0.15) is 0 Å². The number of benzene rings is 2. The summed E-state index contributed by atoms with van der Waals surface area (Å²) in [4.78, 5) is 16.4. The average molecular weight is 331 g/mol. The second-order valence-corrected chi connectivity index (χ2v) is 5.30. The summed E-state index contributed by atoms with van der Waals surface area (Å²) in [6.45, 7) is 0. The molecule has 0 saturated carbocycles. The van der Waals surface area contributed by atoms with E-state index in [4.69, 9.17) is 0 Å². The number of nitrogens with zero attached hydrogens (tertiary/aromatic N) is 1. The number of hydrogen-bond acceptors (Lipinski definition) is 4. The number of amides is 1. The van der Waals surface area contributed by atoms with Crippen molar-refractivity contribution in [3.05, 3.63) is 84.6 Å². The van der Waals surface area contributed by atoms with E-state index in [1.54, 1.807) is 48.7 Å². The van der Waals surface area contributed by atoms with Gasteiger partial charge in [0.05, 0.1) is 5.69 Å². The van der Waals surface area contributed by atoms with Gasteiger partial charge in [-0.15, -0.1) is 0 Å². The van der Waals surface area contributed by atoms with Crippen molar-refractivity contribution in [1.82, 2.24) is 4.98 Å². The molecule has 124 valence electrons. The van der Waals surface area contributed by atoms with Crippen LogP contribution in [0, 0.1) is 0 Å². The summed E-state index contributed by atoms with van der Waals surface area (Å²) in [5, 5.41) is 15.3. The molecule has 3 rings (SSSR count). The van der Waals surface area contributed by atoms with Gasteiger partial charge < -0.3 is 15.7 Å². The molecule has 0 fully saturated rings. The Kier molecular flexibility index (Phi) is 5.07. The van der Waals surface area contributed by atoms with Crippen LogP contribution in [0.5, 0.6) is 5.75 Å². The highest BCUT2D eigenvalue weighted by Crippen LogP contribution is 2.24. The highest BCUT2D eigenvalue weighted by molar-refractivity contribution is 6.03. The summed E-state index contributed by atoms with van der Waals surface area (Å²) in [7, 11) is 0.